The highest BCUT2D eigenvalue weighted by Crippen LogP contribution is 2.42. The van der Waals surface area contributed by atoms with E-state index in [4.69, 9.17) is 18.9 Å². The van der Waals surface area contributed by atoms with Gasteiger partial charge in [0.2, 0.25) is 5.60 Å². The summed E-state index contributed by atoms with van der Waals surface area (Å²) >= 11 is 0. The van der Waals surface area contributed by atoms with Crippen molar-refractivity contribution in [3.8, 4) is 5.75 Å². The van der Waals surface area contributed by atoms with E-state index in [0.717, 1.165) is 17.2 Å². The second-order valence-corrected chi connectivity index (χ2v) is 11.9. The molecule has 0 aromatic heterocycles. The van der Waals surface area contributed by atoms with E-state index in [9.17, 15) is 14.7 Å². The Hall–Kier alpha value is -6.25. The molecular formula is C43H36O8. The lowest BCUT2D eigenvalue weighted by molar-refractivity contribution is -0.174. The molecule has 1 aliphatic rings. The number of hydrogen-bond acceptors (Lipinski definition) is 7. The lowest BCUT2D eigenvalue weighted by Gasteiger charge is -2.39. The summed E-state index contributed by atoms with van der Waals surface area (Å²) in [6.07, 6.45) is 2.44. The summed E-state index contributed by atoms with van der Waals surface area (Å²) < 4.78 is 24.9. The van der Waals surface area contributed by atoms with Gasteiger partial charge in [0.25, 0.3) is 0 Å². The number of esters is 1. The smallest absolute Gasteiger partial charge is 0.344 e. The highest BCUT2D eigenvalue weighted by molar-refractivity contribution is 6.07. The molecule has 5 aromatic rings. The number of Topliss-reactive ketones (excluding diaryl/α,β-unsaturated/α-hetero) is 1. The van der Waals surface area contributed by atoms with Crippen LogP contribution in [-0.4, -0.2) is 28.4 Å². The third-order valence-corrected chi connectivity index (χ3v) is 8.38. The Kier molecular flexibility index (Phi) is 11.2. The fourth-order valence-corrected chi connectivity index (χ4v) is 5.78. The predicted molar refractivity (Wildman–Crippen MR) is 190 cm³/mol. The first-order valence-corrected chi connectivity index (χ1v) is 16.5. The van der Waals surface area contributed by atoms with Crippen molar-refractivity contribution in [3.63, 3.8) is 0 Å². The second kappa shape index (κ2) is 16.4. The van der Waals surface area contributed by atoms with Gasteiger partial charge < -0.3 is 24.1 Å². The van der Waals surface area contributed by atoms with Crippen LogP contribution < -0.4 is 4.74 Å². The molecule has 8 heteroatoms. The Morgan fingerprint density at radius 3 is 1.59 bits per heavy atom. The van der Waals surface area contributed by atoms with Crippen molar-refractivity contribution in [1.29, 1.82) is 0 Å². The van der Waals surface area contributed by atoms with Crippen LogP contribution in [0.3, 0.4) is 0 Å². The third kappa shape index (κ3) is 8.49. The first-order valence-electron chi connectivity index (χ1n) is 16.5. The molecule has 2 atom stereocenters. The van der Waals surface area contributed by atoms with Crippen molar-refractivity contribution in [2.45, 2.75) is 32.0 Å². The molecule has 2 unspecified atom stereocenters. The number of carbonyl (C=O) groups excluding carboxylic acids is 2. The number of carbonyl (C=O) groups is 3. The highest BCUT2D eigenvalue weighted by atomic mass is 16.6. The van der Waals surface area contributed by atoms with Crippen LogP contribution in [0.2, 0.25) is 0 Å². The number of carboxylic acid groups (broad SMARTS) is 1. The molecule has 0 spiro atoms. The van der Waals surface area contributed by atoms with Crippen molar-refractivity contribution in [2.24, 2.45) is 5.92 Å². The van der Waals surface area contributed by atoms with Gasteiger partial charge in [0.15, 0.2) is 5.78 Å². The maximum absolute atomic E-state index is 15.1. The monoisotopic (exact) mass is 680 g/mol. The summed E-state index contributed by atoms with van der Waals surface area (Å²) in [6, 6.07) is 43.6. The van der Waals surface area contributed by atoms with Gasteiger partial charge in [-0.2, -0.15) is 0 Å². The first-order chi connectivity index (χ1) is 24.9. The fourth-order valence-electron chi connectivity index (χ4n) is 5.78. The zero-order chi connectivity index (χ0) is 35.5. The topological polar surface area (TPSA) is 108 Å². The lowest BCUT2D eigenvalue weighted by Crippen LogP contribution is -2.53. The highest BCUT2D eigenvalue weighted by Gasteiger charge is 2.56. The molecule has 0 radical (unpaired) electrons. The van der Waals surface area contributed by atoms with Crippen molar-refractivity contribution >= 4 is 17.7 Å². The zero-order valence-corrected chi connectivity index (χ0v) is 27.7. The van der Waals surface area contributed by atoms with Gasteiger partial charge in [0.05, 0.1) is 17.7 Å². The Labute approximate surface area is 296 Å². The Bertz CT molecular complexity index is 2010. The number of carboxylic acids is 1. The molecular weight excluding hydrogens is 644 g/mol. The SMILES string of the molecule is O=C(O)C1=CC(OCc2ccccc2)(C(=O)OCc2ccccc2)C(C(=O)c2ccccc2OCc2ccccc2)C(OCc2ccccc2)=C1. The Morgan fingerprint density at radius 2 is 1.04 bits per heavy atom. The van der Waals surface area contributed by atoms with Crippen LogP contribution in [-0.2, 0) is 50.2 Å². The van der Waals surface area contributed by atoms with Gasteiger partial charge in [-0.05, 0) is 46.5 Å². The van der Waals surface area contributed by atoms with Crippen LogP contribution in [0.1, 0.15) is 32.6 Å². The van der Waals surface area contributed by atoms with Gasteiger partial charge in [-0.1, -0.05) is 133 Å². The average molecular weight is 681 g/mol. The van der Waals surface area contributed by atoms with Crippen molar-refractivity contribution in [2.75, 3.05) is 0 Å². The van der Waals surface area contributed by atoms with Crippen LogP contribution in [0.15, 0.2) is 169 Å². The van der Waals surface area contributed by atoms with E-state index in [2.05, 4.69) is 0 Å². The molecule has 6 rings (SSSR count). The third-order valence-electron chi connectivity index (χ3n) is 8.38. The summed E-state index contributed by atoms with van der Waals surface area (Å²) in [5.41, 5.74) is 0.651. The molecule has 256 valence electrons. The molecule has 0 saturated heterocycles. The summed E-state index contributed by atoms with van der Waals surface area (Å²) in [5.74, 6) is -4.16. The van der Waals surface area contributed by atoms with E-state index >= 15 is 4.79 Å². The van der Waals surface area contributed by atoms with Gasteiger partial charge in [0, 0.05) is 0 Å². The summed E-state index contributed by atoms with van der Waals surface area (Å²) in [6.45, 7) is -0.120. The minimum atomic E-state index is -2.26. The van der Waals surface area contributed by atoms with E-state index in [-0.39, 0.29) is 49.1 Å². The van der Waals surface area contributed by atoms with Crippen LogP contribution in [0.5, 0.6) is 5.75 Å². The van der Waals surface area contributed by atoms with Gasteiger partial charge in [-0.15, -0.1) is 0 Å². The summed E-state index contributed by atoms with van der Waals surface area (Å²) in [5, 5.41) is 10.3. The maximum atomic E-state index is 15.1. The molecule has 1 aliphatic carbocycles. The second-order valence-electron chi connectivity index (χ2n) is 11.9. The summed E-state index contributed by atoms with van der Waals surface area (Å²) in [7, 11) is 0. The predicted octanol–water partition coefficient (Wildman–Crippen LogP) is 7.89. The minimum Gasteiger partial charge on any atom is -0.492 e. The number of rotatable bonds is 15. The number of benzene rings is 5. The molecule has 1 N–H and O–H groups in total. The molecule has 0 fully saturated rings. The van der Waals surface area contributed by atoms with Crippen molar-refractivity contribution < 1.29 is 38.4 Å². The molecule has 0 amide bonds. The van der Waals surface area contributed by atoms with E-state index < -0.39 is 29.2 Å². The molecule has 51 heavy (non-hydrogen) atoms. The van der Waals surface area contributed by atoms with Crippen LogP contribution in [0.4, 0.5) is 0 Å². The van der Waals surface area contributed by atoms with Gasteiger partial charge in [0.1, 0.15) is 37.2 Å². The molecule has 0 saturated carbocycles. The average Bonchev–Trinajstić information content (AvgIpc) is 3.18. The lowest BCUT2D eigenvalue weighted by atomic mass is 9.75. The van der Waals surface area contributed by atoms with E-state index in [0.29, 0.717) is 11.1 Å². The fraction of sp³-hybridized carbons (Fsp3) is 0.140. The zero-order valence-electron chi connectivity index (χ0n) is 27.7. The van der Waals surface area contributed by atoms with Crippen LogP contribution in [0, 0.1) is 5.92 Å². The number of ketones is 1. The van der Waals surface area contributed by atoms with Crippen LogP contribution >= 0.6 is 0 Å². The number of aliphatic carboxylic acids is 1. The van der Waals surface area contributed by atoms with Gasteiger partial charge >= 0.3 is 11.9 Å². The first kappa shape index (κ1) is 34.6. The van der Waals surface area contributed by atoms with E-state index in [1.54, 1.807) is 48.5 Å². The molecule has 8 nitrogen and oxygen atoms in total. The molecule has 5 aromatic carbocycles. The number of hydrogen-bond donors (Lipinski definition) is 1. The number of para-hydroxylation sites is 1. The normalized spacial score (nSPS) is 16.7. The quantitative estimate of drug-likeness (QED) is 0.0879. The van der Waals surface area contributed by atoms with Crippen molar-refractivity contribution in [3.05, 3.63) is 197 Å². The van der Waals surface area contributed by atoms with Gasteiger partial charge in [-0.25, -0.2) is 9.59 Å². The summed E-state index contributed by atoms with van der Waals surface area (Å²) in [4.78, 5) is 42.3. The van der Waals surface area contributed by atoms with Crippen molar-refractivity contribution in [1.82, 2.24) is 0 Å². The molecule has 0 heterocycles. The molecule has 0 bridgehead atoms. The van der Waals surface area contributed by atoms with E-state index in [1.165, 1.54) is 6.08 Å². The minimum absolute atomic E-state index is 0.0106. The Morgan fingerprint density at radius 1 is 0.569 bits per heavy atom. The van der Waals surface area contributed by atoms with E-state index in [1.807, 2.05) is 97.1 Å². The van der Waals surface area contributed by atoms with Gasteiger partial charge in [-0.3, -0.25) is 4.79 Å². The molecule has 0 aliphatic heterocycles. The Balaban J connectivity index is 1.46. The largest absolute Gasteiger partial charge is 0.492 e. The standard InChI is InChI=1S/C43H36O8/c44-40(36-23-13-14-24-37(36)48-27-31-15-5-1-6-16-31)39-38(49-28-32-17-7-2-8-18-32)25-35(41(45)46)26-43(39,51-30-34-21-11-4-12-22-34)42(47)50-29-33-19-9-3-10-20-33/h1-26,39H,27-30H2,(H,45,46). The maximum Gasteiger partial charge on any atom is 0.344 e. The van der Waals surface area contributed by atoms with Crippen LogP contribution in [0.25, 0.3) is 0 Å². The number of ether oxygens (including phenoxy) is 4.